The van der Waals surface area contributed by atoms with Gasteiger partial charge in [0.15, 0.2) is 0 Å². The molecule has 1 aromatic heterocycles. The van der Waals surface area contributed by atoms with E-state index in [1.807, 2.05) is 16.7 Å². The Hall–Kier alpha value is -1.01. The van der Waals surface area contributed by atoms with Gasteiger partial charge in [0.1, 0.15) is 5.03 Å². The first-order valence-corrected chi connectivity index (χ1v) is 10.7. The number of hydrogen-bond donors (Lipinski definition) is 0. The fourth-order valence-electron chi connectivity index (χ4n) is 3.67. The molecule has 1 atom stereocenters. The van der Waals surface area contributed by atoms with Crippen molar-refractivity contribution in [3.8, 4) is 0 Å². The average molecular weight is 411 g/mol. The van der Waals surface area contributed by atoms with Gasteiger partial charge in [-0.25, -0.2) is 4.79 Å². The van der Waals surface area contributed by atoms with Crippen LogP contribution in [0.3, 0.4) is 0 Å². The predicted molar refractivity (Wildman–Crippen MR) is 106 cm³/mol. The highest BCUT2D eigenvalue weighted by molar-refractivity contribution is 7.98. The Morgan fingerprint density at radius 2 is 2.15 bits per heavy atom. The molecule has 2 aliphatic rings. The van der Waals surface area contributed by atoms with E-state index in [2.05, 4.69) is 4.98 Å². The van der Waals surface area contributed by atoms with Crippen molar-refractivity contribution in [2.24, 2.45) is 0 Å². The number of nitrogens with zero attached hydrogens (tertiary/aromatic N) is 2. The molecule has 4 rings (SSSR count). The van der Waals surface area contributed by atoms with Gasteiger partial charge in [-0.2, -0.15) is 4.98 Å². The zero-order valence-corrected chi connectivity index (χ0v) is 16.7. The first-order valence-electron chi connectivity index (χ1n) is 8.93. The third-order valence-corrected chi connectivity index (χ3v) is 6.64. The van der Waals surface area contributed by atoms with Gasteiger partial charge < -0.3 is 4.74 Å². The molecule has 1 aliphatic heterocycles. The second kappa shape index (κ2) is 7.93. The number of ether oxygens (including phenoxy) is 1. The van der Waals surface area contributed by atoms with Crippen molar-refractivity contribution in [2.75, 3.05) is 6.61 Å². The molecule has 138 valence electrons. The number of hydrogen-bond acceptors (Lipinski definition) is 4. The number of thioether (sulfide) groups is 1. The molecule has 0 bridgehead atoms. The molecule has 2 heterocycles. The van der Waals surface area contributed by atoms with E-state index < -0.39 is 0 Å². The molecule has 0 N–H and O–H groups in total. The molecule has 4 nitrogen and oxygen atoms in total. The highest BCUT2D eigenvalue weighted by Crippen LogP contribution is 2.33. The lowest BCUT2D eigenvalue weighted by Crippen LogP contribution is -2.31. The van der Waals surface area contributed by atoms with Gasteiger partial charge in [0, 0.05) is 33.7 Å². The van der Waals surface area contributed by atoms with Crippen LogP contribution >= 0.6 is 35.0 Å². The van der Waals surface area contributed by atoms with Crippen LogP contribution in [0, 0.1) is 0 Å². The molecular weight excluding hydrogens is 391 g/mol. The Labute approximate surface area is 166 Å². The van der Waals surface area contributed by atoms with Crippen molar-refractivity contribution in [3.05, 3.63) is 55.5 Å². The summed E-state index contributed by atoms with van der Waals surface area (Å²) < 4.78 is 7.56. The molecule has 26 heavy (non-hydrogen) atoms. The van der Waals surface area contributed by atoms with Crippen LogP contribution in [0.5, 0.6) is 0 Å². The zero-order valence-electron chi connectivity index (χ0n) is 14.3. The Kier molecular flexibility index (Phi) is 5.60. The van der Waals surface area contributed by atoms with Crippen molar-refractivity contribution in [1.82, 2.24) is 9.55 Å². The summed E-state index contributed by atoms with van der Waals surface area (Å²) in [6, 6.07) is 5.51. The monoisotopic (exact) mass is 410 g/mol. The summed E-state index contributed by atoms with van der Waals surface area (Å²) in [4.78, 5) is 17.0. The molecule has 0 saturated carbocycles. The Bertz CT molecular complexity index is 879. The van der Waals surface area contributed by atoms with Gasteiger partial charge in [0.2, 0.25) is 0 Å². The number of halogens is 2. The van der Waals surface area contributed by atoms with Gasteiger partial charge in [-0.15, -0.1) is 11.8 Å². The summed E-state index contributed by atoms with van der Waals surface area (Å²) in [5, 5.41) is 2.12. The molecule has 7 heteroatoms. The highest BCUT2D eigenvalue weighted by Gasteiger charge is 2.25. The number of aromatic nitrogens is 2. The van der Waals surface area contributed by atoms with Gasteiger partial charge in [-0.1, -0.05) is 29.3 Å². The van der Waals surface area contributed by atoms with Gasteiger partial charge in [0.25, 0.3) is 0 Å². The van der Waals surface area contributed by atoms with Crippen LogP contribution < -0.4 is 5.69 Å². The molecule has 1 saturated heterocycles. The van der Waals surface area contributed by atoms with E-state index in [4.69, 9.17) is 27.9 Å². The highest BCUT2D eigenvalue weighted by atomic mass is 35.5. The maximum absolute atomic E-state index is 12.6. The van der Waals surface area contributed by atoms with E-state index in [-0.39, 0.29) is 11.8 Å². The smallest absolute Gasteiger partial charge is 0.348 e. The molecule has 0 spiro atoms. The van der Waals surface area contributed by atoms with E-state index in [1.165, 1.54) is 5.56 Å². The van der Waals surface area contributed by atoms with Crippen molar-refractivity contribution < 1.29 is 4.74 Å². The Morgan fingerprint density at radius 1 is 1.27 bits per heavy atom. The predicted octanol–water partition coefficient (Wildman–Crippen LogP) is 4.51. The summed E-state index contributed by atoms with van der Waals surface area (Å²) in [7, 11) is 0. The lowest BCUT2D eigenvalue weighted by Gasteiger charge is -2.17. The Balaban J connectivity index is 1.58. The van der Waals surface area contributed by atoms with E-state index >= 15 is 0 Å². The van der Waals surface area contributed by atoms with Crippen molar-refractivity contribution in [1.29, 1.82) is 0 Å². The van der Waals surface area contributed by atoms with E-state index in [0.717, 1.165) is 55.0 Å². The molecule has 1 fully saturated rings. The molecule has 1 aromatic carbocycles. The normalized spacial score (nSPS) is 19.1. The minimum atomic E-state index is -0.161. The Morgan fingerprint density at radius 3 is 2.92 bits per heavy atom. The molecule has 0 radical (unpaired) electrons. The van der Waals surface area contributed by atoms with Gasteiger partial charge in [0.05, 0.1) is 12.6 Å². The SMILES string of the molecule is O=c1nc(SCc2ccc(Cl)cc2Cl)c2c(n1C[C@H]1CCCO1)CCC2. The van der Waals surface area contributed by atoms with Crippen LogP contribution in [0.4, 0.5) is 0 Å². The molecule has 1 aliphatic carbocycles. The van der Waals surface area contributed by atoms with Gasteiger partial charge in [-0.05, 0) is 49.8 Å². The molecular formula is C19H20Cl2N2O2S. The third kappa shape index (κ3) is 3.81. The summed E-state index contributed by atoms with van der Waals surface area (Å²) in [6.07, 6.45) is 5.23. The first-order chi connectivity index (χ1) is 12.6. The summed E-state index contributed by atoms with van der Waals surface area (Å²) in [5.41, 5.74) is 3.20. The minimum absolute atomic E-state index is 0.144. The summed E-state index contributed by atoms with van der Waals surface area (Å²) in [6.45, 7) is 1.42. The lowest BCUT2D eigenvalue weighted by atomic mass is 10.2. The quantitative estimate of drug-likeness (QED) is 0.537. The third-order valence-electron chi connectivity index (χ3n) is 4.99. The molecule has 0 amide bonds. The number of fused-ring (bicyclic) bond motifs is 1. The van der Waals surface area contributed by atoms with Crippen LogP contribution in [0.15, 0.2) is 28.0 Å². The number of benzene rings is 1. The summed E-state index contributed by atoms with van der Waals surface area (Å²) >= 11 is 13.8. The molecule has 0 unspecified atom stereocenters. The van der Waals surface area contributed by atoms with Crippen molar-refractivity contribution >= 4 is 35.0 Å². The van der Waals surface area contributed by atoms with Crippen LogP contribution in [-0.2, 0) is 29.9 Å². The maximum atomic E-state index is 12.6. The van der Waals surface area contributed by atoms with Crippen LogP contribution in [0.2, 0.25) is 10.0 Å². The largest absolute Gasteiger partial charge is 0.376 e. The van der Waals surface area contributed by atoms with Crippen molar-refractivity contribution in [2.45, 2.75) is 55.5 Å². The van der Waals surface area contributed by atoms with Crippen LogP contribution in [0.25, 0.3) is 0 Å². The standard InChI is InChI=1S/C19H20Cl2N2O2S/c20-13-7-6-12(16(21)9-13)11-26-18-15-4-1-5-17(15)23(19(24)22-18)10-14-3-2-8-25-14/h6-7,9,14H,1-5,8,10-11H2/t14-/m1/s1. The first kappa shape index (κ1) is 18.4. The maximum Gasteiger partial charge on any atom is 0.348 e. The second-order valence-electron chi connectivity index (χ2n) is 6.75. The lowest BCUT2D eigenvalue weighted by molar-refractivity contribution is 0.0950. The van der Waals surface area contributed by atoms with E-state index in [9.17, 15) is 4.79 Å². The van der Waals surface area contributed by atoms with Crippen LogP contribution in [0.1, 0.15) is 36.1 Å². The fraction of sp³-hybridized carbons (Fsp3) is 0.474. The minimum Gasteiger partial charge on any atom is -0.376 e. The van der Waals surface area contributed by atoms with Crippen molar-refractivity contribution in [3.63, 3.8) is 0 Å². The topological polar surface area (TPSA) is 44.1 Å². The van der Waals surface area contributed by atoms with Gasteiger partial charge in [-0.3, -0.25) is 4.57 Å². The zero-order chi connectivity index (χ0) is 18.1. The average Bonchev–Trinajstić information content (AvgIpc) is 3.28. The number of rotatable bonds is 5. The van der Waals surface area contributed by atoms with Crippen LogP contribution in [-0.4, -0.2) is 22.3 Å². The summed E-state index contributed by atoms with van der Waals surface area (Å²) in [5.74, 6) is 0.671. The van der Waals surface area contributed by atoms with Gasteiger partial charge >= 0.3 is 5.69 Å². The van der Waals surface area contributed by atoms with E-state index in [0.29, 0.717) is 22.3 Å². The fourth-order valence-corrected chi connectivity index (χ4v) is 5.31. The second-order valence-corrected chi connectivity index (χ2v) is 8.56. The molecule has 2 aromatic rings. The van der Waals surface area contributed by atoms with E-state index in [1.54, 1.807) is 17.8 Å².